The number of rotatable bonds is 4. The molecule has 3 rings (SSSR count). The van der Waals surface area contributed by atoms with E-state index in [0.717, 1.165) is 30.7 Å². The summed E-state index contributed by atoms with van der Waals surface area (Å²) in [6.45, 7) is 5.47. The smallest absolute Gasteiger partial charge is 0.271 e. The zero-order valence-corrected chi connectivity index (χ0v) is 13.9. The van der Waals surface area contributed by atoms with Crippen molar-refractivity contribution in [3.05, 3.63) is 41.1 Å². The predicted molar refractivity (Wildman–Crippen MR) is 89.4 cm³/mol. The van der Waals surface area contributed by atoms with Gasteiger partial charge in [-0.1, -0.05) is 17.7 Å². The zero-order valence-electron chi connectivity index (χ0n) is 13.9. The molecule has 1 saturated heterocycles. The minimum atomic E-state index is -0.146. The highest BCUT2D eigenvalue weighted by atomic mass is 16.5. The summed E-state index contributed by atoms with van der Waals surface area (Å²) in [6, 6.07) is 8.16. The number of hydrogen-bond donors (Lipinski definition) is 1. The van der Waals surface area contributed by atoms with E-state index in [4.69, 9.17) is 4.74 Å². The van der Waals surface area contributed by atoms with Gasteiger partial charge >= 0.3 is 0 Å². The highest BCUT2D eigenvalue weighted by Crippen LogP contribution is 2.25. The molecule has 5 heteroatoms. The van der Waals surface area contributed by atoms with Crippen molar-refractivity contribution in [1.29, 1.82) is 0 Å². The van der Waals surface area contributed by atoms with Crippen molar-refractivity contribution >= 4 is 5.91 Å². The SMILES string of the molecule is Cc1ccc(C)c(-c2cc(C(=O)NCC3CCCO3)nn2C)c1. The van der Waals surface area contributed by atoms with E-state index >= 15 is 0 Å². The highest BCUT2D eigenvalue weighted by molar-refractivity contribution is 5.93. The second-order valence-electron chi connectivity index (χ2n) is 6.20. The number of aromatic nitrogens is 2. The van der Waals surface area contributed by atoms with Crippen LogP contribution >= 0.6 is 0 Å². The molecule has 0 radical (unpaired) electrons. The van der Waals surface area contributed by atoms with Crippen molar-refractivity contribution in [2.45, 2.75) is 32.8 Å². The second kappa shape index (κ2) is 6.54. The zero-order chi connectivity index (χ0) is 16.4. The summed E-state index contributed by atoms with van der Waals surface area (Å²) in [4.78, 5) is 12.3. The first-order valence-corrected chi connectivity index (χ1v) is 8.06. The van der Waals surface area contributed by atoms with E-state index < -0.39 is 0 Å². The molecule has 1 fully saturated rings. The van der Waals surface area contributed by atoms with Crippen LogP contribution in [0.4, 0.5) is 0 Å². The van der Waals surface area contributed by atoms with Gasteiger partial charge in [0.25, 0.3) is 5.91 Å². The number of amides is 1. The summed E-state index contributed by atoms with van der Waals surface area (Å²) in [5.74, 6) is -0.146. The lowest BCUT2D eigenvalue weighted by Gasteiger charge is -2.09. The van der Waals surface area contributed by atoms with E-state index in [-0.39, 0.29) is 12.0 Å². The molecule has 1 aromatic carbocycles. The van der Waals surface area contributed by atoms with Crippen molar-refractivity contribution in [2.75, 3.05) is 13.2 Å². The predicted octanol–water partition coefficient (Wildman–Crippen LogP) is 2.61. The molecule has 1 aromatic heterocycles. The molecule has 23 heavy (non-hydrogen) atoms. The van der Waals surface area contributed by atoms with Gasteiger partial charge in [0.2, 0.25) is 0 Å². The van der Waals surface area contributed by atoms with Gasteiger partial charge in [-0.25, -0.2) is 0 Å². The lowest BCUT2D eigenvalue weighted by Crippen LogP contribution is -2.32. The van der Waals surface area contributed by atoms with Gasteiger partial charge in [-0.3, -0.25) is 9.48 Å². The number of benzene rings is 1. The summed E-state index contributed by atoms with van der Waals surface area (Å²) >= 11 is 0. The van der Waals surface area contributed by atoms with Crippen molar-refractivity contribution in [2.24, 2.45) is 7.05 Å². The Morgan fingerprint density at radius 1 is 1.39 bits per heavy atom. The number of hydrogen-bond acceptors (Lipinski definition) is 3. The first-order chi connectivity index (χ1) is 11.0. The van der Waals surface area contributed by atoms with E-state index in [1.165, 1.54) is 11.1 Å². The molecular formula is C18H23N3O2. The van der Waals surface area contributed by atoms with Crippen LogP contribution in [0.1, 0.15) is 34.5 Å². The molecule has 1 atom stereocenters. The first kappa shape index (κ1) is 15.7. The van der Waals surface area contributed by atoms with Crippen molar-refractivity contribution < 1.29 is 9.53 Å². The number of aryl methyl sites for hydroxylation is 3. The van der Waals surface area contributed by atoms with Crippen molar-refractivity contribution in [1.82, 2.24) is 15.1 Å². The van der Waals surface area contributed by atoms with Crippen LogP contribution in [0.3, 0.4) is 0 Å². The molecule has 5 nitrogen and oxygen atoms in total. The average Bonchev–Trinajstić information content (AvgIpc) is 3.17. The summed E-state index contributed by atoms with van der Waals surface area (Å²) in [5, 5.41) is 7.29. The van der Waals surface area contributed by atoms with Crippen LogP contribution in [0, 0.1) is 13.8 Å². The van der Waals surface area contributed by atoms with Crippen LogP contribution in [-0.4, -0.2) is 34.9 Å². The number of carbonyl (C=O) groups excluding carboxylic acids is 1. The van der Waals surface area contributed by atoms with Crippen molar-refractivity contribution in [3.63, 3.8) is 0 Å². The summed E-state index contributed by atoms with van der Waals surface area (Å²) < 4.78 is 7.29. The lowest BCUT2D eigenvalue weighted by molar-refractivity contribution is 0.0853. The molecule has 0 aliphatic carbocycles. The summed E-state index contributed by atoms with van der Waals surface area (Å²) in [6.07, 6.45) is 2.22. The van der Waals surface area contributed by atoms with Gasteiger partial charge in [-0.2, -0.15) is 5.10 Å². The molecule has 0 saturated carbocycles. The molecule has 1 amide bonds. The van der Waals surface area contributed by atoms with E-state index in [0.29, 0.717) is 12.2 Å². The number of nitrogens with zero attached hydrogens (tertiary/aromatic N) is 2. The fourth-order valence-electron chi connectivity index (χ4n) is 2.94. The number of ether oxygens (including phenoxy) is 1. The van der Waals surface area contributed by atoms with Crippen LogP contribution in [0.25, 0.3) is 11.3 Å². The molecular weight excluding hydrogens is 290 g/mol. The topological polar surface area (TPSA) is 56.1 Å². The Hall–Kier alpha value is -2.14. The normalized spacial score (nSPS) is 17.4. The third-order valence-electron chi connectivity index (χ3n) is 4.30. The largest absolute Gasteiger partial charge is 0.376 e. The van der Waals surface area contributed by atoms with Gasteiger partial charge in [0.05, 0.1) is 11.8 Å². The molecule has 1 unspecified atom stereocenters. The van der Waals surface area contributed by atoms with Crippen LogP contribution in [0.15, 0.2) is 24.3 Å². The van der Waals surface area contributed by atoms with Crippen LogP contribution in [0.5, 0.6) is 0 Å². The van der Waals surface area contributed by atoms with Gasteiger partial charge in [0.15, 0.2) is 5.69 Å². The Labute approximate surface area is 136 Å². The highest BCUT2D eigenvalue weighted by Gasteiger charge is 2.19. The minimum Gasteiger partial charge on any atom is -0.376 e. The average molecular weight is 313 g/mol. The molecule has 0 bridgehead atoms. The second-order valence-corrected chi connectivity index (χ2v) is 6.20. The monoisotopic (exact) mass is 313 g/mol. The van der Waals surface area contributed by atoms with Gasteiger partial charge in [0, 0.05) is 25.8 Å². The number of carbonyl (C=O) groups is 1. The van der Waals surface area contributed by atoms with Gasteiger partial charge in [-0.05, 0) is 44.4 Å². The maximum Gasteiger partial charge on any atom is 0.271 e. The number of nitrogens with one attached hydrogen (secondary N) is 1. The quantitative estimate of drug-likeness (QED) is 0.944. The maximum atomic E-state index is 12.3. The Morgan fingerprint density at radius 3 is 2.96 bits per heavy atom. The fourth-order valence-corrected chi connectivity index (χ4v) is 2.94. The standard InChI is InChI=1S/C18H23N3O2/c1-12-6-7-13(2)15(9-12)17-10-16(20-21(17)3)18(22)19-11-14-5-4-8-23-14/h6-7,9-10,14H,4-5,8,11H2,1-3H3,(H,19,22). The van der Waals surface area contributed by atoms with E-state index in [9.17, 15) is 4.79 Å². The molecule has 0 spiro atoms. The molecule has 2 aromatic rings. The van der Waals surface area contributed by atoms with Gasteiger partial charge in [-0.15, -0.1) is 0 Å². The fraction of sp³-hybridized carbons (Fsp3) is 0.444. The lowest BCUT2D eigenvalue weighted by atomic mass is 10.0. The molecule has 122 valence electrons. The molecule has 1 aliphatic rings. The van der Waals surface area contributed by atoms with E-state index in [1.807, 2.05) is 13.1 Å². The Balaban J connectivity index is 1.77. The Kier molecular flexibility index (Phi) is 4.48. The minimum absolute atomic E-state index is 0.140. The summed E-state index contributed by atoms with van der Waals surface area (Å²) in [7, 11) is 1.87. The van der Waals surface area contributed by atoms with Gasteiger partial charge in [0.1, 0.15) is 0 Å². The summed E-state index contributed by atoms with van der Waals surface area (Å²) in [5.41, 5.74) is 4.87. The third kappa shape index (κ3) is 3.45. The Morgan fingerprint density at radius 2 is 2.22 bits per heavy atom. The Bertz CT molecular complexity index is 715. The van der Waals surface area contributed by atoms with Crippen molar-refractivity contribution in [3.8, 4) is 11.3 Å². The van der Waals surface area contributed by atoms with Gasteiger partial charge < -0.3 is 10.1 Å². The van der Waals surface area contributed by atoms with E-state index in [1.54, 1.807) is 4.68 Å². The van der Waals surface area contributed by atoms with E-state index in [2.05, 4.69) is 42.5 Å². The molecule has 1 aliphatic heterocycles. The molecule has 1 N–H and O–H groups in total. The first-order valence-electron chi connectivity index (χ1n) is 8.06. The van der Waals surface area contributed by atoms with Crippen LogP contribution < -0.4 is 5.32 Å². The molecule has 2 heterocycles. The van der Waals surface area contributed by atoms with Crippen LogP contribution in [-0.2, 0) is 11.8 Å². The third-order valence-corrected chi connectivity index (χ3v) is 4.30. The van der Waals surface area contributed by atoms with Crippen LogP contribution in [0.2, 0.25) is 0 Å². The maximum absolute atomic E-state index is 12.3.